The molecule has 0 aliphatic heterocycles. The Labute approximate surface area is 118 Å². The molecule has 0 radical (unpaired) electrons. The minimum Gasteiger partial charge on any atom is -0.462 e. The summed E-state index contributed by atoms with van der Waals surface area (Å²) in [4.78, 5) is 24.8. The third-order valence-corrected chi connectivity index (χ3v) is 3.22. The van der Waals surface area contributed by atoms with Crippen molar-refractivity contribution in [2.75, 3.05) is 23.5 Å². The van der Waals surface area contributed by atoms with E-state index in [1.807, 2.05) is 30.3 Å². The Hall–Kier alpha value is -1.49. The van der Waals surface area contributed by atoms with Crippen LogP contribution in [0.25, 0.3) is 0 Å². The summed E-state index contributed by atoms with van der Waals surface area (Å²) in [5.74, 6) is 0.147. The molecule has 0 N–H and O–H groups in total. The highest BCUT2D eigenvalue weighted by Gasteiger charge is 2.12. The van der Waals surface area contributed by atoms with Crippen molar-refractivity contribution in [3.05, 3.63) is 30.3 Å². The fourth-order valence-corrected chi connectivity index (χ4v) is 2.12. The zero-order valence-corrected chi connectivity index (χ0v) is 12.3. The minimum absolute atomic E-state index is 0.0338. The third-order valence-electron chi connectivity index (χ3n) is 2.33. The van der Waals surface area contributed by atoms with Gasteiger partial charge in [-0.05, 0) is 26.0 Å². The van der Waals surface area contributed by atoms with Gasteiger partial charge >= 0.3 is 5.97 Å². The summed E-state index contributed by atoms with van der Waals surface area (Å²) in [7, 11) is 1.73. The summed E-state index contributed by atoms with van der Waals surface area (Å²) >= 11 is 1.27. The standard InChI is InChI=1S/C14H19NO3S/c1-11(2)18-14(17)10-19-9-13(16)15(3)12-7-5-4-6-8-12/h4-8,11H,9-10H2,1-3H3. The van der Waals surface area contributed by atoms with Crippen molar-refractivity contribution in [3.63, 3.8) is 0 Å². The maximum Gasteiger partial charge on any atom is 0.316 e. The van der Waals surface area contributed by atoms with Crippen LogP contribution in [-0.2, 0) is 14.3 Å². The number of amides is 1. The van der Waals surface area contributed by atoms with Crippen molar-refractivity contribution in [2.24, 2.45) is 0 Å². The Kier molecular flexibility index (Phi) is 6.42. The van der Waals surface area contributed by atoms with Gasteiger partial charge in [0.1, 0.15) is 0 Å². The van der Waals surface area contributed by atoms with Gasteiger partial charge in [0.05, 0.1) is 17.6 Å². The molecule has 1 aromatic carbocycles. The molecule has 0 unspecified atom stereocenters. The molecule has 0 aliphatic rings. The molecule has 19 heavy (non-hydrogen) atoms. The second-order valence-electron chi connectivity index (χ2n) is 4.32. The number of hydrogen-bond donors (Lipinski definition) is 0. The molecule has 1 rings (SSSR count). The van der Waals surface area contributed by atoms with Crippen molar-refractivity contribution < 1.29 is 14.3 Å². The van der Waals surface area contributed by atoms with Gasteiger partial charge in [-0.1, -0.05) is 18.2 Å². The number of hydrogen-bond acceptors (Lipinski definition) is 4. The van der Waals surface area contributed by atoms with Crippen LogP contribution in [0, 0.1) is 0 Å². The average molecular weight is 281 g/mol. The number of nitrogens with zero attached hydrogens (tertiary/aromatic N) is 1. The largest absolute Gasteiger partial charge is 0.462 e. The van der Waals surface area contributed by atoms with Crippen LogP contribution in [0.3, 0.4) is 0 Å². The third kappa shape index (κ3) is 5.79. The normalized spacial score (nSPS) is 10.3. The highest BCUT2D eigenvalue weighted by atomic mass is 32.2. The summed E-state index contributed by atoms with van der Waals surface area (Å²) in [5, 5.41) is 0. The summed E-state index contributed by atoms with van der Waals surface area (Å²) in [6.45, 7) is 3.60. The first kappa shape index (κ1) is 15.6. The van der Waals surface area contributed by atoms with Gasteiger partial charge in [0, 0.05) is 12.7 Å². The van der Waals surface area contributed by atoms with Gasteiger partial charge in [0.25, 0.3) is 0 Å². The van der Waals surface area contributed by atoms with Gasteiger partial charge in [-0.2, -0.15) is 0 Å². The molecule has 4 nitrogen and oxygen atoms in total. The Morgan fingerprint density at radius 2 is 1.84 bits per heavy atom. The van der Waals surface area contributed by atoms with Gasteiger partial charge in [-0.25, -0.2) is 0 Å². The van der Waals surface area contributed by atoms with Gasteiger partial charge in [-0.3, -0.25) is 9.59 Å². The Morgan fingerprint density at radius 1 is 1.21 bits per heavy atom. The van der Waals surface area contributed by atoms with Crippen LogP contribution in [0.5, 0.6) is 0 Å². The fraction of sp³-hybridized carbons (Fsp3) is 0.429. The molecule has 5 heteroatoms. The van der Waals surface area contributed by atoms with E-state index < -0.39 is 0 Å². The fourth-order valence-electron chi connectivity index (χ4n) is 1.41. The van der Waals surface area contributed by atoms with Crippen LogP contribution >= 0.6 is 11.8 Å². The number of para-hydroxylation sites is 1. The first-order chi connectivity index (χ1) is 9.00. The highest BCUT2D eigenvalue weighted by Crippen LogP contribution is 2.13. The van der Waals surface area contributed by atoms with Crippen molar-refractivity contribution in [3.8, 4) is 0 Å². The van der Waals surface area contributed by atoms with E-state index in [1.165, 1.54) is 11.8 Å². The van der Waals surface area contributed by atoms with E-state index in [-0.39, 0.29) is 29.5 Å². The van der Waals surface area contributed by atoms with E-state index >= 15 is 0 Å². The topological polar surface area (TPSA) is 46.6 Å². The van der Waals surface area contributed by atoms with E-state index in [0.29, 0.717) is 0 Å². The number of carbonyl (C=O) groups is 2. The smallest absolute Gasteiger partial charge is 0.316 e. The molecule has 0 atom stereocenters. The molecule has 0 fully saturated rings. The van der Waals surface area contributed by atoms with Crippen molar-refractivity contribution in [1.29, 1.82) is 0 Å². The molecule has 104 valence electrons. The summed E-state index contributed by atoms with van der Waals surface area (Å²) in [6.07, 6.45) is -0.115. The second-order valence-corrected chi connectivity index (χ2v) is 5.31. The first-order valence-electron chi connectivity index (χ1n) is 6.09. The lowest BCUT2D eigenvalue weighted by Gasteiger charge is -2.16. The van der Waals surface area contributed by atoms with Gasteiger partial charge in [0.15, 0.2) is 0 Å². The van der Waals surface area contributed by atoms with Crippen molar-refractivity contribution >= 4 is 29.3 Å². The van der Waals surface area contributed by atoms with Crippen molar-refractivity contribution in [2.45, 2.75) is 20.0 Å². The molecule has 0 saturated heterocycles. The molecule has 0 aromatic heterocycles. The van der Waals surface area contributed by atoms with Crippen LogP contribution in [0.1, 0.15) is 13.8 Å². The van der Waals surface area contributed by atoms with Gasteiger partial charge < -0.3 is 9.64 Å². The van der Waals surface area contributed by atoms with E-state index in [0.717, 1.165) is 5.69 Å². The van der Waals surface area contributed by atoms with Gasteiger partial charge in [0.2, 0.25) is 5.91 Å². The van der Waals surface area contributed by atoms with Crippen molar-refractivity contribution in [1.82, 2.24) is 0 Å². The van der Waals surface area contributed by atoms with Crippen LogP contribution < -0.4 is 4.90 Å². The SMILES string of the molecule is CC(C)OC(=O)CSCC(=O)N(C)c1ccccc1. The number of thioether (sulfide) groups is 1. The van der Waals surface area contributed by atoms with Crippen LogP contribution in [0.4, 0.5) is 5.69 Å². The maximum atomic E-state index is 11.9. The predicted octanol–water partition coefficient (Wildman–Crippen LogP) is 2.33. The molecular weight excluding hydrogens is 262 g/mol. The van der Waals surface area contributed by atoms with E-state index in [9.17, 15) is 9.59 Å². The number of ether oxygens (including phenoxy) is 1. The minimum atomic E-state index is -0.282. The highest BCUT2D eigenvalue weighted by molar-refractivity contribution is 8.00. The first-order valence-corrected chi connectivity index (χ1v) is 7.25. The summed E-state index contributed by atoms with van der Waals surface area (Å²) in [6, 6.07) is 9.40. The quantitative estimate of drug-likeness (QED) is 0.751. The average Bonchev–Trinajstić information content (AvgIpc) is 2.37. The summed E-state index contributed by atoms with van der Waals surface area (Å²) < 4.78 is 4.99. The molecule has 0 aliphatic carbocycles. The predicted molar refractivity (Wildman–Crippen MR) is 78.4 cm³/mol. The Bertz CT molecular complexity index is 420. The zero-order valence-electron chi connectivity index (χ0n) is 11.5. The van der Waals surface area contributed by atoms with Crippen LogP contribution in [0.2, 0.25) is 0 Å². The van der Waals surface area contributed by atoms with Crippen LogP contribution in [-0.4, -0.2) is 36.5 Å². The maximum absolute atomic E-state index is 11.9. The van der Waals surface area contributed by atoms with E-state index in [1.54, 1.807) is 25.8 Å². The Morgan fingerprint density at radius 3 is 2.42 bits per heavy atom. The number of benzene rings is 1. The number of carbonyl (C=O) groups excluding carboxylic acids is 2. The summed E-state index contributed by atoms with van der Waals surface area (Å²) in [5.41, 5.74) is 0.845. The number of anilines is 1. The molecule has 1 aromatic rings. The second kappa shape index (κ2) is 7.84. The van der Waals surface area contributed by atoms with Crippen LogP contribution in [0.15, 0.2) is 30.3 Å². The molecule has 0 spiro atoms. The lowest BCUT2D eigenvalue weighted by atomic mass is 10.3. The number of rotatable bonds is 6. The number of esters is 1. The van der Waals surface area contributed by atoms with E-state index in [4.69, 9.17) is 4.74 Å². The Balaban J connectivity index is 2.34. The van der Waals surface area contributed by atoms with Gasteiger partial charge in [-0.15, -0.1) is 11.8 Å². The zero-order chi connectivity index (χ0) is 14.3. The lowest BCUT2D eigenvalue weighted by molar-refractivity contribution is -0.144. The molecule has 0 bridgehead atoms. The molecular formula is C14H19NO3S. The lowest BCUT2D eigenvalue weighted by Crippen LogP contribution is -2.28. The molecule has 0 saturated carbocycles. The molecule has 1 amide bonds. The van der Waals surface area contributed by atoms with E-state index in [2.05, 4.69) is 0 Å². The molecule has 0 heterocycles. The monoisotopic (exact) mass is 281 g/mol.